The van der Waals surface area contributed by atoms with E-state index in [0.29, 0.717) is 0 Å². The predicted molar refractivity (Wildman–Crippen MR) is 105 cm³/mol. The summed E-state index contributed by atoms with van der Waals surface area (Å²) in [5.74, 6) is -0.560. The Bertz CT molecular complexity index is 751. The molecule has 2 aromatic carbocycles. The first-order valence-electron chi connectivity index (χ1n) is 8.40. The van der Waals surface area contributed by atoms with E-state index in [1.165, 1.54) is 24.3 Å². The van der Waals surface area contributed by atoms with Crippen molar-refractivity contribution in [1.82, 2.24) is 10.2 Å². The van der Waals surface area contributed by atoms with Crippen LogP contribution in [0.2, 0.25) is 0 Å². The second-order valence-corrected chi connectivity index (χ2v) is 6.31. The minimum absolute atomic E-state index is 0. The van der Waals surface area contributed by atoms with Gasteiger partial charge >= 0.3 is 6.36 Å². The van der Waals surface area contributed by atoms with E-state index in [2.05, 4.69) is 15.0 Å². The van der Waals surface area contributed by atoms with Crippen LogP contribution in [0.25, 0.3) is 0 Å². The average molecular weight is 441 g/mol. The number of piperazine rings is 1. The summed E-state index contributed by atoms with van der Waals surface area (Å²) in [5.41, 5.74) is 2.60. The van der Waals surface area contributed by atoms with Gasteiger partial charge in [0.15, 0.2) is 0 Å². The summed E-state index contributed by atoms with van der Waals surface area (Å²) < 4.78 is 54.6. The van der Waals surface area contributed by atoms with Crippen molar-refractivity contribution in [3.05, 3.63) is 65.0 Å². The maximum absolute atomic E-state index is 13.5. The standard InChI is InChI=1S/C19H20F4N2O.2ClH/c1-13-12-15(20)4-7-17(13)18(25-10-8-24-9-11-25)14-2-5-16(6-3-14)26-19(21,22)23;;/h2-7,12,18,24H,8-11H2,1H3;2*1H/t18-;;/m1../s1. The van der Waals surface area contributed by atoms with Crippen LogP contribution in [0.3, 0.4) is 0 Å². The van der Waals surface area contributed by atoms with E-state index < -0.39 is 6.36 Å². The van der Waals surface area contributed by atoms with Gasteiger partial charge in [0.2, 0.25) is 0 Å². The molecule has 2 aromatic rings. The summed E-state index contributed by atoms with van der Waals surface area (Å²) in [7, 11) is 0. The topological polar surface area (TPSA) is 24.5 Å². The lowest BCUT2D eigenvalue weighted by Crippen LogP contribution is -2.45. The first kappa shape index (κ1) is 24.5. The summed E-state index contributed by atoms with van der Waals surface area (Å²) in [4.78, 5) is 2.25. The molecule has 0 unspecified atom stereocenters. The predicted octanol–water partition coefficient (Wildman–Crippen LogP) is 4.87. The number of ether oxygens (including phenoxy) is 1. The van der Waals surface area contributed by atoms with Crippen molar-refractivity contribution in [2.75, 3.05) is 26.2 Å². The quantitative estimate of drug-likeness (QED) is 0.686. The molecule has 1 fully saturated rings. The van der Waals surface area contributed by atoms with Crippen molar-refractivity contribution in [2.45, 2.75) is 19.3 Å². The Morgan fingerprint density at radius 2 is 1.61 bits per heavy atom. The fourth-order valence-corrected chi connectivity index (χ4v) is 3.33. The SMILES string of the molecule is Cc1cc(F)ccc1[C@@H](c1ccc(OC(F)(F)F)cc1)N1CCNCC1.Cl.Cl. The maximum atomic E-state index is 13.5. The Balaban J connectivity index is 0.00000196. The lowest BCUT2D eigenvalue weighted by Gasteiger charge is -2.36. The maximum Gasteiger partial charge on any atom is 0.573 e. The summed E-state index contributed by atoms with van der Waals surface area (Å²) >= 11 is 0. The van der Waals surface area contributed by atoms with E-state index in [9.17, 15) is 17.6 Å². The highest BCUT2D eigenvalue weighted by Crippen LogP contribution is 2.33. The Labute approximate surface area is 173 Å². The van der Waals surface area contributed by atoms with Crippen molar-refractivity contribution in [2.24, 2.45) is 0 Å². The van der Waals surface area contributed by atoms with Crippen LogP contribution in [-0.2, 0) is 0 Å². The monoisotopic (exact) mass is 440 g/mol. The van der Waals surface area contributed by atoms with Crippen LogP contribution in [0.4, 0.5) is 17.6 Å². The van der Waals surface area contributed by atoms with E-state index in [-0.39, 0.29) is 42.4 Å². The number of hydrogen-bond acceptors (Lipinski definition) is 3. The molecule has 3 rings (SSSR count). The Kier molecular flexibility index (Phi) is 9.01. The number of rotatable bonds is 4. The number of hydrogen-bond donors (Lipinski definition) is 1. The van der Waals surface area contributed by atoms with Crippen LogP contribution in [0.5, 0.6) is 5.75 Å². The fraction of sp³-hybridized carbons (Fsp3) is 0.368. The van der Waals surface area contributed by atoms with E-state index in [4.69, 9.17) is 0 Å². The molecular weight excluding hydrogens is 419 g/mol. The van der Waals surface area contributed by atoms with E-state index in [1.807, 2.05) is 6.92 Å². The van der Waals surface area contributed by atoms with E-state index in [0.717, 1.165) is 42.9 Å². The molecule has 28 heavy (non-hydrogen) atoms. The summed E-state index contributed by atoms with van der Waals surface area (Å²) in [5, 5.41) is 3.28. The molecule has 1 heterocycles. The molecule has 0 radical (unpaired) electrons. The van der Waals surface area contributed by atoms with Gasteiger partial charge in [-0.15, -0.1) is 38.0 Å². The van der Waals surface area contributed by atoms with E-state index >= 15 is 0 Å². The van der Waals surface area contributed by atoms with Gasteiger partial charge in [0.1, 0.15) is 11.6 Å². The van der Waals surface area contributed by atoms with Gasteiger partial charge < -0.3 is 10.1 Å². The summed E-state index contributed by atoms with van der Waals surface area (Å²) in [6.45, 7) is 5.08. The minimum atomic E-state index is -4.72. The van der Waals surface area contributed by atoms with Crippen LogP contribution >= 0.6 is 24.8 Å². The molecular formula is C19H22Cl2F4N2O. The van der Waals surface area contributed by atoms with Crippen molar-refractivity contribution in [1.29, 1.82) is 0 Å². The molecule has 1 saturated heterocycles. The van der Waals surface area contributed by atoms with Gasteiger partial charge in [-0.3, -0.25) is 4.90 Å². The van der Waals surface area contributed by atoms with Crippen LogP contribution in [0.15, 0.2) is 42.5 Å². The second kappa shape index (κ2) is 10.3. The molecule has 1 aliphatic rings. The van der Waals surface area contributed by atoms with Gasteiger partial charge in [-0.1, -0.05) is 18.2 Å². The van der Waals surface area contributed by atoms with Crippen LogP contribution < -0.4 is 10.1 Å². The Hall–Kier alpha value is -1.54. The van der Waals surface area contributed by atoms with Gasteiger partial charge in [-0.2, -0.15) is 0 Å². The van der Waals surface area contributed by atoms with Gasteiger partial charge in [0, 0.05) is 26.2 Å². The van der Waals surface area contributed by atoms with Crippen molar-refractivity contribution >= 4 is 24.8 Å². The van der Waals surface area contributed by atoms with E-state index in [1.54, 1.807) is 18.2 Å². The third-order valence-corrected chi connectivity index (χ3v) is 4.47. The van der Waals surface area contributed by atoms with Crippen LogP contribution in [-0.4, -0.2) is 37.4 Å². The lowest BCUT2D eigenvalue weighted by atomic mass is 9.93. The Morgan fingerprint density at radius 3 is 2.14 bits per heavy atom. The molecule has 0 bridgehead atoms. The second-order valence-electron chi connectivity index (χ2n) is 6.31. The molecule has 0 amide bonds. The molecule has 1 N–H and O–H groups in total. The van der Waals surface area contributed by atoms with Gasteiger partial charge in [-0.25, -0.2) is 4.39 Å². The number of benzene rings is 2. The largest absolute Gasteiger partial charge is 0.573 e. The summed E-state index contributed by atoms with van der Waals surface area (Å²) in [6, 6.07) is 10.4. The molecule has 1 aliphatic heterocycles. The average Bonchev–Trinajstić information content (AvgIpc) is 2.58. The normalized spacial score (nSPS) is 15.9. The highest BCUT2D eigenvalue weighted by Gasteiger charge is 2.31. The molecule has 0 aliphatic carbocycles. The zero-order valence-electron chi connectivity index (χ0n) is 15.1. The third-order valence-electron chi connectivity index (χ3n) is 4.47. The number of nitrogens with one attached hydrogen (secondary N) is 1. The zero-order chi connectivity index (χ0) is 18.7. The molecule has 156 valence electrons. The van der Waals surface area contributed by atoms with Crippen molar-refractivity contribution in [3.8, 4) is 5.75 Å². The highest BCUT2D eigenvalue weighted by atomic mass is 35.5. The first-order valence-corrected chi connectivity index (χ1v) is 8.40. The van der Waals surface area contributed by atoms with Gasteiger partial charge in [-0.05, 0) is 47.9 Å². The molecule has 3 nitrogen and oxygen atoms in total. The first-order chi connectivity index (χ1) is 12.3. The Morgan fingerprint density at radius 1 is 1.00 bits per heavy atom. The van der Waals surface area contributed by atoms with Crippen LogP contribution in [0, 0.1) is 12.7 Å². The van der Waals surface area contributed by atoms with Gasteiger partial charge in [0.25, 0.3) is 0 Å². The highest BCUT2D eigenvalue weighted by molar-refractivity contribution is 5.85. The number of alkyl halides is 3. The number of aryl methyl sites for hydroxylation is 1. The summed E-state index contributed by atoms with van der Waals surface area (Å²) in [6.07, 6.45) is -4.72. The van der Waals surface area contributed by atoms with Crippen molar-refractivity contribution < 1.29 is 22.3 Å². The third kappa shape index (κ3) is 6.24. The number of halogens is 6. The zero-order valence-corrected chi connectivity index (χ0v) is 16.8. The van der Waals surface area contributed by atoms with Crippen molar-refractivity contribution in [3.63, 3.8) is 0 Å². The minimum Gasteiger partial charge on any atom is -0.406 e. The number of nitrogens with zero attached hydrogens (tertiary/aromatic N) is 1. The molecule has 0 saturated carbocycles. The molecule has 9 heteroatoms. The molecule has 1 atom stereocenters. The fourth-order valence-electron chi connectivity index (χ4n) is 3.33. The smallest absolute Gasteiger partial charge is 0.406 e. The lowest BCUT2D eigenvalue weighted by molar-refractivity contribution is -0.274. The molecule has 0 spiro atoms. The van der Waals surface area contributed by atoms with Crippen LogP contribution in [0.1, 0.15) is 22.7 Å². The molecule has 0 aromatic heterocycles. The van der Waals surface area contributed by atoms with Gasteiger partial charge in [0.05, 0.1) is 6.04 Å².